The lowest BCUT2D eigenvalue weighted by Gasteiger charge is -2.15. The average Bonchev–Trinajstić information content (AvgIpc) is 2.85. The lowest BCUT2D eigenvalue weighted by Crippen LogP contribution is -2.17. The van der Waals surface area contributed by atoms with Crippen LogP contribution in [0, 0.1) is 11.6 Å². The fraction of sp³-hybridized carbons (Fsp3) is 0.250. The molecule has 0 bridgehead atoms. The van der Waals surface area contributed by atoms with E-state index in [-0.39, 0.29) is 16.9 Å². The Morgan fingerprint density at radius 1 is 1.03 bits per heavy atom. The van der Waals surface area contributed by atoms with Crippen molar-refractivity contribution in [1.29, 1.82) is 0 Å². The molecule has 3 aromatic rings. The van der Waals surface area contributed by atoms with E-state index in [4.69, 9.17) is 4.99 Å². The van der Waals surface area contributed by atoms with E-state index in [1.54, 1.807) is 25.4 Å². The van der Waals surface area contributed by atoms with Crippen LogP contribution in [0.3, 0.4) is 0 Å². The summed E-state index contributed by atoms with van der Waals surface area (Å²) >= 11 is 0. The Morgan fingerprint density at radius 2 is 1.72 bits per heavy atom. The lowest BCUT2D eigenvalue weighted by atomic mass is 9.91. The second kappa shape index (κ2) is 8.09. The molecule has 0 aliphatic carbocycles. The van der Waals surface area contributed by atoms with Gasteiger partial charge in [0.05, 0.1) is 17.5 Å². The number of sulfone groups is 1. The number of pyridine rings is 1. The third-order valence-corrected chi connectivity index (χ3v) is 7.33. The first-order valence-corrected chi connectivity index (χ1v) is 12.0. The van der Waals surface area contributed by atoms with Crippen molar-refractivity contribution >= 4 is 15.5 Å². The van der Waals surface area contributed by atoms with E-state index in [0.29, 0.717) is 33.5 Å². The SMILES string of the molecule is CCS(=O)(=O)Cc1cc2c(cc1F)C(c1ccc(F)cc1)=N[C@@H](C)c1cc(=O)n(C)cc1-2. The van der Waals surface area contributed by atoms with Crippen LogP contribution in [-0.2, 0) is 22.6 Å². The standard InChI is InChI=1S/C24H22F2N2O3S/c1-4-32(30,31)13-16-9-19-20(10-22(16)26)24(15-5-7-17(25)8-6-15)27-14(2)18-11-23(29)28(3)12-21(18)19/h5-12,14H,4,13H2,1-3H3/t14-/m0/s1. The van der Waals surface area contributed by atoms with Gasteiger partial charge in [-0.3, -0.25) is 9.79 Å². The quantitative estimate of drug-likeness (QED) is 0.592. The summed E-state index contributed by atoms with van der Waals surface area (Å²) in [5.41, 5.74) is 3.23. The highest BCUT2D eigenvalue weighted by molar-refractivity contribution is 7.90. The Labute approximate surface area is 185 Å². The summed E-state index contributed by atoms with van der Waals surface area (Å²) in [7, 11) is -1.85. The number of aliphatic imine (C=N–C) groups is 1. The van der Waals surface area contributed by atoms with Crippen LogP contribution in [0.1, 0.15) is 42.1 Å². The summed E-state index contributed by atoms with van der Waals surface area (Å²) in [4.78, 5) is 17.1. The van der Waals surface area contributed by atoms with Crippen LogP contribution in [0.2, 0.25) is 0 Å². The van der Waals surface area contributed by atoms with E-state index < -0.39 is 33.3 Å². The van der Waals surface area contributed by atoms with Gasteiger partial charge in [-0.25, -0.2) is 17.2 Å². The van der Waals surface area contributed by atoms with E-state index in [1.165, 1.54) is 41.8 Å². The lowest BCUT2D eigenvalue weighted by molar-refractivity contribution is 0.588. The molecule has 5 nitrogen and oxygen atoms in total. The second-order valence-corrected chi connectivity index (χ2v) is 10.3. The van der Waals surface area contributed by atoms with Gasteiger partial charge in [-0.2, -0.15) is 0 Å². The number of aryl methyl sites for hydroxylation is 1. The molecule has 0 unspecified atom stereocenters. The predicted molar refractivity (Wildman–Crippen MR) is 121 cm³/mol. The van der Waals surface area contributed by atoms with Gasteiger partial charge in [-0.1, -0.05) is 6.92 Å². The summed E-state index contributed by atoms with van der Waals surface area (Å²) in [6, 6.07) is 9.59. The van der Waals surface area contributed by atoms with Crippen LogP contribution in [-0.4, -0.2) is 24.4 Å². The molecule has 2 heterocycles. The molecule has 4 rings (SSSR count). The van der Waals surface area contributed by atoms with Gasteiger partial charge in [-0.05, 0) is 54.4 Å². The number of halogens is 2. The maximum absolute atomic E-state index is 15.1. The summed E-state index contributed by atoms with van der Waals surface area (Å²) in [6.07, 6.45) is 1.66. The number of nitrogens with zero attached hydrogens (tertiary/aromatic N) is 2. The molecule has 0 fully saturated rings. The Hall–Kier alpha value is -3.13. The smallest absolute Gasteiger partial charge is 0.250 e. The predicted octanol–water partition coefficient (Wildman–Crippen LogP) is 4.18. The molecule has 0 saturated heterocycles. The van der Waals surface area contributed by atoms with Crippen LogP contribution in [0.4, 0.5) is 8.78 Å². The van der Waals surface area contributed by atoms with E-state index in [0.717, 1.165) is 0 Å². The van der Waals surface area contributed by atoms with Crippen LogP contribution in [0.15, 0.2) is 58.4 Å². The topological polar surface area (TPSA) is 68.5 Å². The summed E-state index contributed by atoms with van der Waals surface area (Å²) in [5, 5.41) is 0. The van der Waals surface area contributed by atoms with E-state index in [1.807, 2.05) is 6.92 Å². The second-order valence-electron chi connectivity index (χ2n) is 7.92. The fourth-order valence-corrected chi connectivity index (χ4v) is 4.77. The maximum Gasteiger partial charge on any atom is 0.250 e. The van der Waals surface area contributed by atoms with Gasteiger partial charge in [-0.15, -0.1) is 0 Å². The van der Waals surface area contributed by atoms with Crippen molar-refractivity contribution in [3.8, 4) is 11.1 Å². The van der Waals surface area contributed by atoms with Gasteiger partial charge < -0.3 is 4.57 Å². The zero-order valence-corrected chi connectivity index (χ0v) is 18.7. The highest BCUT2D eigenvalue weighted by Gasteiger charge is 2.26. The van der Waals surface area contributed by atoms with Crippen molar-refractivity contribution in [1.82, 2.24) is 4.57 Å². The van der Waals surface area contributed by atoms with Gasteiger partial charge in [0.25, 0.3) is 5.56 Å². The summed E-state index contributed by atoms with van der Waals surface area (Å²) in [5.74, 6) is -1.60. The van der Waals surface area contributed by atoms with Crippen molar-refractivity contribution in [2.24, 2.45) is 12.0 Å². The van der Waals surface area contributed by atoms with Crippen molar-refractivity contribution in [2.45, 2.75) is 25.6 Å². The molecule has 1 atom stereocenters. The molecule has 1 aromatic heterocycles. The van der Waals surface area contributed by atoms with E-state index >= 15 is 4.39 Å². The summed E-state index contributed by atoms with van der Waals surface area (Å²) < 4.78 is 54.5. The Morgan fingerprint density at radius 3 is 2.38 bits per heavy atom. The molecular weight excluding hydrogens is 434 g/mol. The molecule has 166 valence electrons. The number of aromatic nitrogens is 1. The molecule has 8 heteroatoms. The molecule has 2 aromatic carbocycles. The van der Waals surface area contributed by atoms with Crippen LogP contribution in [0.25, 0.3) is 11.1 Å². The monoisotopic (exact) mass is 456 g/mol. The molecule has 0 radical (unpaired) electrons. The third-order valence-electron chi connectivity index (χ3n) is 5.70. The number of hydrogen-bond donors (Lipinski definition) is 0. The Balaban J connectivity index is 2.04. The number of rotatable bonds is 4. The van der Waals surface area contributed by atoms with Gasteiger partial charge >= 0.3 is 0 Å². The normalized spacial score (nSPS) is 15.5. The van der Waals surface area contributed by atoms with Crippen molar-refractivity contribution < 1.29 is 17.2 Å². The first-order valence-electron chi connectivity index (χ1n) is 10.2. The minimum atomic E-state index is -3.47. The van der Waals surface area contributed by atoms with Crippen LogP contribution in [0.5, 0.6) is 0 Å². The van der Waals surface area contributed by atoms with Gasteiger partial charge in [0.15, 0.2) is 9.84 Å². The van der Waals surface area contributed by atoms with Gasteiger partial charge in [0, 0.05) is 47.3 Å². The molecule has 1 aliphatic heterocycles. The zero-order valence-electron chi connectivity index (χ0n) is 17.9. The third kappa shape index (κ3) is 4.02. The summed E-state index contributed by atoms with van der Waals surface area (Å²) in [6.45, 7) is 3.34. The number of benzene rings is 2. The minimum Gasteiger partial charge on any atom is -0.318 e. The van der Waals surface area contributed by atoms with Crippen molar-refractivity contribution in [2.75, 3.05) is 5.75 Å². The van der Waals surface area contributed by atoms with Gasteiger partial charge in [0.2, 0.25) is 0 Å². The first kappa shape index (κ1) is 22.1. The minimum absolute atomic E-state index is 0.0541. The Kier molecular flexibility index (Phi) is 5.58. The largest absolute Gasteiger partial charge is 0.318 e. The van der Waals surface area contributed by atoms with Crippen molar-refractivity contribution in [3.05, 3.63) is 92.9 Å². The molecule has 1 aliphatic rings. The van der Waals surface area contributed by atoms with Crippen molar-refractivity contribution in [3.63, 3.8) is 0 Å². The molecule has 0 amide bonds. The maximum atomic E-state index is 15.1. The molecule has 0 N–H and O–H groups in total. The van der Waals surface area contributed by atoms with E-state index in [9.17, 15) is 17.6 Å². The number of fused-ring (bicyclic) bond motifs is 3. The van der Waals surface area contributed by atoms with Crippen LogP contribution >= 0.6 is 0 Å². The van der Waals surface area contributed by atoms with E-state index in [2.05, 4.69) is 0 Å². The zero-order chi connectivity index (χ0) is 23.2. The van der Waals surface area contributed by atoms with Crippen LogP contribution < -0.4 is 5.56 Å². The highest BCUT2D eigenvalue weighted by Crippen LogP contribution is 2.38. The average molecular weight is 457 g/mol. The molecule has 32 heavy (non-hydrogen) atoms. The Bertz CT molecular complexity index is 1410. The molecular formula is C24H22F2N2O3S. The molecule has 0 saturated carbocycles. The fourth-order valence-electron chi connectivity index (χ4n) is 3.87. The highest BCUT2D eigenvalue weighted by atomic mass is 32.2. The first-order chi connectivity index (χ1) is 15.1. The number of hydrogen-bond acceptors (Lipinski definition) is 4. The molecule has 0 spiro atoms. The van der Waals surface area contributed by atoms with Gasteiger partial charge in [0.1, 0.15) is 11.6 Å².